The minimum Gasteiger partial charge on any atom is -0.370 e. The summed E-state index contributed by atoms with van der Waals surface area (Å²) in [6.07, 6.45) is -0.0903. The number of likely N-dealkylation sites (N-methyl/N-ethyl adjacent to an activating group) is 1. The molecule has 2 heterocycles. The molecular weight excluding hydrogens is 438 g/mol. The van der Waals surface area contributed by atoms with Gasteiger partial charge in [0, 0.05) is 17.6 Å². The Morgan fingerprint density at radius 1 is 1.39 bits per heavy atom. The lowest BCUT2D eigenvalue weighted by Crippen LogP contribution is -2.49. The van der Waals surface area contributed by atoms with E-state index in [0.717, 1.165) is 23.1 Å². The number of ether oxygens (including phenoxy) is 1. The van der Waals surface area contributed by atoms with Gasteiger partial charge in [-0.15, -0.1) is 0 Å². The summed E-state index contributed by atoms with van der Waals surface area (Å²) in [6, 6.07) is 10.4. The third-order valence-corrected chi connectivity index (χ3v) is 6.40. The van der Waals surface area contributed by atoms with Crippen molar-refractivity contribution in [1.29, 1.82) is 0 Å². The molecule has 2 aromatic rings. The fraction of sp³-hybridized carbons (Fsp3) is 0.476. The molecule has 0 spiro atoms. The molecule has 0 aliphatic carbocycles. The van der Waals surface area contributed by atoms with Crippen molar-refractivity contribution in [2.75, 3.05) is 39.3 Å². The Bertz CT molecular complexity index is 752. The molecule has 0 radical (unpaired) electrons. The van der Waals surface area contributed by atoms with E-state index in [-0.39, 0.29) is 18.2 Å². The van der Waals surface area contributed by atoms with Crippen LogP contribution in [-0.4, -0.2) is 55.2 Å². The molecule has 1 aromatic carbocycles. The molecule has 2 unspecified atom stereocenters. The predicted molar refractivity (Wildman–Crippen MR) is 118 cm³/mol. The largest absolute Gasteiger partial charge is 0.370 e. The highest BCUT2D eigenvalue weighted by Crippen LogP contribution is 2.25. The van der Waals surface area contributed by atoms with E-state index in [4.69, 9.17) is 4.74 Å². The number of benzene rings is 1. The maximum atomic E-state index is 12.8. The van der Waals surface area contributed by atoms with E-state index in [9.17, 15) is 4.79 Å². The molecule has 152 valence electrons. The number of rotatable bonds is 7. The molecule has 1 aromatic heterocycles. The summed E-state index contributed by atoms with van der Waals surface area (Å²) < 4.78 is 6.93. The standard InChI is InChI=1S/C21H28BrN3O2S/c1-3-24(4-2)19(17-8-11-28-15-17)13-23-21(26)25-9-10-27-20(14-25)16-6-5-7-18(22)12-16/h5-8,11-12,15,19-20H,3-4,9-10,13-14H2,1-2H3,(H,23,26). The van der Waals surface area contributed by atoms with Gasteiger partial charge in [-0.2, -0.15) is 11.3 Å². The minimum atomic E-state index is -0.0903. The number of carbonyl (C=O) groups is 1. The number of thiophene rings is 1. The first-order chi connectivity index (χ1) is 13.6. The molecule has 7 heteroatoms. The van der Waals surface area contributed by atoms with E-state index in [2.05, 4.69) is 62.9 Å². The van der Waals surface area contributed by atoms with Gasteiger partial charge in [0.2, 0.25) is 0 Å². The summed E-state index contributed by atoms with van der Waals surface area (Å²) >= 11 is 5.20. The van der Waals surface area contributed by atoms with E-state index in [0.29, 0.717) is 26.2 Å². The molecule has 5 nitrogen and oxygen atoms in total. The van der Waals surface area contributed by atoms with Crippen molar-refractivity contribution in [3.05, 3.63) is 56.7 Å². The summed E-state index contributed by atoms with van der Waals surface area (Å²) in [4.78, 5) is 17.1. The Hall–Kier alpha value is -1.41. The first-order valence-corrected chi connectivity index (χ1v) is 11.5. The second-order valence-electron chi connectivity index (χ2n) is 6.84. The number of nitrogens with one attached hydrogen (secondary N) is 1. The van der Waals surface area contributed by atoms with Crippen LogP contribution in [0.25, 0.3) is 0 Å². The quantitative estimate of drug-likeness (QED) is 0.645. The van der Waals surface area contributed by atoms with Crippen LogP contribution < -0.4 is 5.32 Å². The maximum Gasteiger partial charge on any atom is 0.317 e. The highest BCUT2D eigenvalue weighted by Gasteiger charge is 2.27. The Balaban J connectivity index is 1.61. The predicted octanol–water partition coefficient (Wildman–Crippen LogP) is 4.68. The summed E-state index contributed by atoms with van der Waals surface area (Å²) in [6.45, 7) is 8.57. The third kappa shape index (κ3) is 5.35. The topological polar surface area (TPSA) is 44.8 Å². The number of halogens is 1. The molecule has 2 amide bonds. The third-order valence-electron chi connectivity index (χ3n) is 5.20. The van der Waals surface area contributed by atoms with Gasteiger partial charge in [-0.05, 0) is 53.2 Å². The lowest BCUT2D eigenvalue weighted by Gasteiger charge is -2.34. The first kappa shape index (κ1) is 21.3. The molecule has 1 saturated heterocycles. The summed E-state index contributed by atoms with van der Waals surface area (Å²) in [5.41, 5.74) is 2.36. The van der Waals surface area contributed by atoms with Crippen LogP contribution >= 0.6 is 27.3 Å². The highest BCUT2D eigenvalue weighted by molar-refractivity contribution is 9.10. The van der Waals surface area contributed by atoms with Crippen molar-refractivity contribution < 1.29 is 9.53 Å². The lowest BCUT2D eigenvalue weighted by atomic mass is 10.1. The van der Waals surface area contributed by atoms with Crippen LogP contribution in [0, 0.1) is 0 Å². The second-order valence-corrected chi connectivity index (χ2v) is 8.54. The molecule has 2 atom stereocenters. The van der Waals surface area contributed by atoms with E-state index in [1.807, 2.05) is 23.1 Å². The molecular formula is C21H28BrN3O2S. The minimum absolute atomic E-state index is 0.0179. The van der Waals surface area contributed by atoms with Gasteiger partial charge in [0.25, 0.3) is 0 Å². The zero-order valence-electron chi connectivity index (χ0n) is 16.4. The van der Waals surface area contributed by atoms with Gasteiger partial charge < -0.3 is 15.0 Å². The van der Waals surface area contributed by atoms with Crippen molar-refractivity contribution in [3.8, 4) is 0 Å². The number of urea groups is 1. The molecule has 1 aliphatic rings. The van der Waals surface area contributed by atoms with Gasteiger partial charge in [-0.1, -0.05) is 41.9 Å². The van der Waals surface area contributed by atoms with Crippen molar-refractivity contribution in [2.45, 2.75) is 26.0 Å². The number of carbonyl (C=O) groups excluding carboxylic acids is 1. The maximum absolute atomic E-state index is 12.8. The SMILES string of the molecule is CCN(CC)C(CNC(=O)N1CCOC(c2cccc(Br)c2)C1)c1ccsc1. The Morgan fingerprint density at radius 3 is 2.89 bits per heavy atom. The van der Waals surface area contributed by atoms with E-state index >= 15 is 0 Å². The Morgan fingerprint density at radius 2 is 2.21 bits per heavy atom. The monoisotopic (exact) mass is 465 g/mol. The van der Waals surface area contributed by atoms with Crippen LogP contribution in [0.15, 0.2) is 45.6 Å². The smallest absolute Gasteiger partial charge is 0.317 e. The normalized spacial score (nSPS) is 18.3. The second kappa shape index (κ2) is 10.4. The summed E-state index contributed by atoms with van der Waals surface area (Å²) in [5.74, 6) is 0. The van der Waals surface area contributed by atoms with Gasteiger partial charge in [0.1, 0.15) is 6.10 Å². The van der Waals surface area contributed by atoms with Crippen LogP contribution in [0.5, 0.6) is 0 Å². The molecule has 0 saturated carbocycles. The fourth-order valence-corrected chi connectivity index (χ4v) is 4.75. The molecule has 0 bridgehead atoms. The van der Waals surface area contributed by atoms with Crippen molar-refractivity contribution in [3.63, 3.8) is 0 Å². The molecule has 1 N–H and O–H groups in total. The average molecular weight is 466 g/mol. The number of amides is 2. The van der Waals surface area contributed by atoms with Crippen LogP contribution in [0.2, 0.25) is 0 Å². The zero-order valence-corrected chi connectivity index (χ0v) is 18.8. The van der Waals surface area contributed by atoms with Crippen LogP contribution in [0.4, 0.5) is 4.79 Å². The summed E-state index contributed by atoms with van der Waals surface area (Å²) in [7, 11) is 0. The fourth-order valence-electron chi connectivity index (χ4n) is 3.62. The number of morpholine rings is 1. The zero-order chi connectivity index (χ0) is 19.9. The number of nitrogens with zero attached hydrogens (tertiary/aromatic N) is 2. The van der Waals surface area contributed by atoms with Crippen molar-refractivity contribution in [2.24, 2.45) is 0 Å². The number of hydrogen-bond donors (Lipinski definition) is 1. The average Bonchev–Trinajstić information content (AvgIpc) is 3.25. The van der Waals surface area contributed by atoms with Gasteiger partial charge in [0.05, 0.1) is 19.2 Å². The molecule has 1 aliphatic heterocycles. The summed E-state index contributed by atoms with van der Waals surface area (Å²) in [5, 5.41) is 7.43. The Labute approximate surface area is 179 Å². The molecule has 1 fully saturated rings. The van der Waals surface area contributed by atoms with Crippen molar-refractivity contribution in [1.82, 2.24) is 15.1 Å². The van der Waals surface area contributed by atoms with E-state index in [1.165, 1.54) is 5.56 Å². The van der Waals surface area contributed by atoms with Crippen LogP contribution in [-0.2, 0) is 4.74 Å². The van der Waals surface area contributed by atoms with E-state index < -0.39 is 0 Å². The first-order valence-electron chi connectivity index (χ1n) is 9.78. The van der Waals surface area contributed by atoms with Crippen LogP contribution in [0.1, 0.15) is 37.1 Å². The van der Waals surface area contributed by atoms with Crippen LogP contribution in [0.3, 0.4) is 0 Å². The van der Waals surface area contributed by atoms with Gasteiger partial charge in [-0.25, -0.2) is 4.79 Å². The van der Waals surface area contributed by atoms with Gasteiger partial charge >= 0.3 is 6.03 Å². The molecule has 3 rings (SSSR count). The van der Waals surface area contributed by atoms with Gasteiger partial charge in [0.15, 0.2) is 0 Å². The van der Waals surface area contributed by atoms with Crippen molar-refractivity contribution >= 4 is 33.3 Å². The lowest BCUT2D eigenvalue weighted by molar-refractivity contribution is -0.0156. The van der Waals surface area contributed by atoms with E-state index in [1.54, 1.807) is 11.3 Å². The van der Waals surface area contributed by atoms with Gasteiger partial charge in [-0.3, -0.25) is 4.90 Å². The molecule has 28 heavy (non-hydrogen) atoms. The number of hydrogen-bond acceptors (Lipinski definition) is 4. The Kier molecular flexibility index (Phi) is 7.91. The highest BCUT2D eigenvalue weighted by atomic mass is 79.9.